The molecule has 0 aliphatic heterocycles. The molecule has 3 nitrogen and oxygen atoms in total. The second-order valence-electron chi connectivity index (χ2n) is 4.21. The minimum Gasteiger partial charge on any atom is -0.319 e. The molecule has 1 aromatic rings. The van der Waals surface area contributed by atoms with Gasteiger partial charge in [-0.25, -0.2) is 0 Å². The summed E-state index contributed by atoms with van der Waals surface area (Å²) in [6.45, 7) is 0.766. The van der Waals surface area contributed by atoms with Crippen molar-refractivity contribution in [2.24, 2.45) is 5.41 Å². The van der Waals surface area contributed by atoms with Gasteiger partial charge < -0.3 is 5.32 Å². The molecule has 2 rings (SSSR count). The summed E-state index contributed by atoms with van der Waals surface area (Å²) in [5.41, 5.74) is 0.427. The topological polar surface area (TPSA) is 42.0 Å². The molecule has 1 fully saturated rings. The van der Waals surface area contributed by atoms with Gasteiger partial charge in [0.05, 0.1) is 0 Å². The Bertz CT molecular complexity index is 344. The first-order valence-corrected chi connectivity index (χ1v) is 5.39. The van der Waals surface area contributed by atoms with Crippen LogP contribution in [0.5, 0.6) is 0 Å². The number of aromatic nitrogens is 1. The minimum absolute atomic E-state index is 0.177. The highest BCUT2D eigenvalue weighted by Gasteiger charge is 2.44. The number of carbonyl (C=O) groups excluding carboxylic acids is 1. The van der Waals surface area contributed by atoms with Crippen molar-refractivity contribution in [3.63, 3.8) is 0 Å². The van der Waals surface area contributed by atoms with E-state index in [1.165, 1.54) is 0 Å². The Kier molecular flexibility index (Phi) is 2.82. The molecule has 0 spiro atoms. The van der Waals surface area contributed by atoms with E-state index >= 15 is 0 Å². The summed E-state index contributed by atoms with van der Waals surface area (Å²) >= 11 is 0. The molecule has 0 saturated heterocycles. The van der Waals surface area contributed by atoms with Crippen molar-refractivity contribution in [1.29, 1.82) is 0 Å². The predicted octanol–water partition coefficient (Wildman–Crippen LogP) is 1.65. The highest BCUT2D eigenvalue weighted by molar-refractivity contribution is 5.99. The Hall–Kier alpha value is -1.22. The lowest BCUT2D eigenvalue weighted by atomic mass is 9.65. The summed E-state index contributed by atoms with van der Waals surface area (Å²) in [4.78, 5) is 16.4. The first-order valence-electron chi connectivity index (χ1n) is 5.39. The molecule has 0 aromatic carbocycles. The standard InChI is InChI=1S/C12H16N2O/c1-13-9-12(6-4-7-12)11(15)10-5-2-3-8-14-10/h2-3,5,8,13H,4,6-7,9H2,1H3. The molecule has 0 bridgehead atoms. The Morgan fingerprint density at radius 2 is 2.33 bits per heavy atom. The molecule has 80 valence electrons. The third-order valence-corrected chi connectivity index (χ3v) is 3.21. The van der Waals surface area contributed by atoms with E-state index in [9.17, 15) is 4.79 Å². The molecule has 0 amide bonds. The molecule has 15 heavy (non-hydrogen) atoms. The molecule has 1 aromatic heterocycles. The maximum absolute atomic E-state index is 12.2. The molecule has 1 aliphatic carbocycles. The lowest BCUT2D eigenvalue weighted by Gasteiger charge is -2.39. The van der Waals surface area contributed by atoms with Crippen LogP contribution in [-0.2, 0) is 0 Å². The summed E-state index contributed by atoms with van der Waals surface area (Å²) in [6.07, 6.45) is 4.81. The Morgan fingerprint density at radius 1 is 1.53 bits per heavy atom. The highest BCUT2D eigenvalue weighted by Crippen LogP contribution is 2.42. The van der Waals surface area contributed by atoms with Crippen LogP contribution in [0.15, 0.2) is 24.4 Å². The fraction of sp³-hybridized carbons (Fsp3) is 0.500. The van der Waals surface area contributed by atoms with Crippen molar-refractivity contribution in [3.05, 3.63) is 30.1 Å². The average Bonchev–Trinajstić information content (AvgIpc) is 2.24. The molecular weight excluding hydrogens is 188 g/mol. The molecule has 1 heterocycles. The summed E-state index contributed by atoms with van der Waals surface area (Å²) < 4.78 is 0. The van der Waals surface area contributed by atoms with Gasteiger partial charge in [-0.1, -0.05) is 12.5 Å². The highest BCUT2D eigenvalue weighted by atomic mass is 16.1. The fourth-order valence-electron chi connectivity index (χ4n) is 2.19. The first-order chi connectivity index (χ1) is 7.28. The van der Waals surface area contributed by atoms with Crippen LogP contribution in [0.2, 0.25) is 0 Å². The van der Waals surface area contributed by atoms with Crippen LogP contribution < -0.4 is 5.32 Å². The van der Waals surface area contributed by atoms with E-state index in [0.29, 0.717) is 5.69 Å². The van der Waals surface area contributed by atoms with Gasteiger partial charge in [0.25, 0.3) is 0 Å². The number of ketones is 1. The molecule has 0 radical (unpaired) electrons. The third kappa shape index (κ3) is 1.79. The lowest BCUT2D eigenvalue weighted by molar-refractivity contribution is 0.0608. The maximum atomic E-state index is 12.2. The van der Waals surface area contributed by atoms with E-state index in [0.717, 1.165) is 25.8 Å². The number of nitrogens with one attached hydrogen (secondary N) is 1. The van der Waals surface area contributed by atoms with Crippen molar-refractivity contribution in [2.45, 2.75) is 19.3 Å². The van der Waals surface area contributed by atoms with Crippen LogP contribution in [0.1, 0.15) is 29.8 Å². The van der Waals surface area contributed by atoms with Gasteiger partial charge in [-0.15, -0.1) is 0 Å². The first kappa shape index (κ1) is 10.3. The van der Waals surface area contributed by atoms with Gasteiger partial charge in [0.1, 0.15) is 5.69 Å². The predicted molar refractivity (Wildman–Crippen MR) is 58.8 cm³/mol. The van der Waals surface area contributed by atoms with Crippen LogP contribution in [-0.4, -0.2) is 24.4 Å². The van der Waals surface area contributed by atoms with Gasteiger partial charge in [0.2, 0.25) is 0 Å². The summed E-state index contributed by atoms with van der Waals surface area (Å²) in [6, 6.07) is 5.51. The van der Waals surface area contributed by atoms with Crippen LogP contribution in [0.4, 0.5) is 0 Å². The maximum Gasteiger partial charge on any atom is 0.188 e. The lowest BCUT2D eigenvalue weighted by Crippen LogP contribution is -2.45. The van der Waals surface area contributed by atoms with E-state index in [4.69, 9.17) is 0 Å². The zero-order valence-corrected chi connectivity index (χ0v) is 8.99. The Morgan fingerprint density at radius 3 is 2.80 bits per heavy atom. The quantitative estimate of drug-likeness (QED) is 0.758. The minimum atomic E-state index is -0.177. The number of Topliss-reactive ketones (excluding diaryl/α,β-unsaturated/α-hetero) is 1. The number of hydrogen-bond donors (Lipinski definition) is 1. The van der Waals surface area contributed by atoms with Crippen LogP contribution in [0.3, 0.4) is 0 Å². The largest absolute Gasteiger partial charge is 0.319 e. The SMILES string of the molecule is CNCC1(C(=O)c2ccccn2)CCC1. The Labute approximate surface area is 89.9 Å². The van der Waals surface area contributed by atoms with E-state index in [1.54, 1.807) is 12.3 Å². The van der Waals surface area contributed by atoms with Gasteiger partial charge in [0.15, 0.2) is 5.78 Å². The van der Waals surface area contributed by atoms with Crippen LogP contribution in [0, 0.1) is 5.41 Å². The van der Waals surface area contributed by atoms with E-state index in [2.05, 4.69) is 10.3 Å². The molecule has 1 saturated carbocycles. The van der Waals surface area contributed by atoms with Gasteiger partial charge in [0, 0.05) is 18.2 Å². The molecule has 1 N–H and O–H groups in total. The zero-order valence-electron chi connectivity index (χ0n) is 8.99. The zero-order chi connectivity index (χ0) is 10.7. The van der Waals surface area contributed by atoms with E-state index in [-0.39, 0.29) is 11.2 Å². The molecule has 0 unspecified atom stereocenters. The van der Waals surface area contributed by atoms with Crippen molar-refractivity contribution in [1.82, 2.24) is 10.3 Å². The third-order valence-electron chi connectivity index (χ3n) is 3.21. The van der Waals surface area contributed by atoms with Crippen molar-refractivity contribution in [2.75, 3.05) is 13.6 Å². The number of carbonyl (C=O) groups is 1. The smallest absolute Gasteiger partial charge is 0.188 e. The van der Waals surface area contributed by atoms with E-state index < -0.39 is 0 Å². The van der Waals surface area contributed by atoms with Crippen LogP contribution >= 0.6 is 0 Å². The van der Waals surface area contributed by atoms with Gasteiger partial charge in [-0.2, -0.15) is 0 Å². The number of hydrogen-bond acceptors (Lipinski definition) is 3. The fourth-order valence-corrected chi connectivity index (χ4v) is 2.19. The average molecular weight is 204 g/mol. The second kappa shape index (κ2) is 4.11. The van der Waals surface area contributed by atoms with Gasteiger partial charge in [-0.05, 0) is 32.0 Å². The van der Waals surface area contributed by atoms with Crippen molar-refractivity contribution < 1.29 is 4.79 Å². The molecular formula is C12H16N2O. The molecule has 3 heteroatoms. The monoisotopic (exact) mass is 204 g/mol. The van der Waals surface area contributed by atoms with Gasteiger partial charge >= 0.3 is 0 Å². The number of pyridine rings is 1. The van der Waals surface area contributed by atoms with E-state index in [1.807, 2.05) is 19.2 Å². The van der Waals surface area contributed by atoms with Crippen molar-refractivity contribution >= 4 is 5.78 Å². The number of rotatable bonds is 4. The second-order valence-corrected chi connectivity index (χ2v) is 4.21. The summed E-state index contributed by atoms with van der Waals surface area (Å²) in [5, 5.41) is 3.11. The van der Waals surface area contributed by atoms with Crippen molar-refractivity contribution in [3.8, 4) is 0 Å². The van der Waals surface area contributed by atoms with Crippen LogP contribution in [0.25, 0.3) is 0 Å². The molecule has 1 aliphatic rings. The Balaban J connectivity index is 2.19. The van der Waals surface area contributed by atoms with Gasteiger partial charge in [-0.3, -0.25) is 9.78 Å². The number of nitrogens with zero attached hydrogens (tertiary/aromatic N) is 1. The summed E-state index contributed by atoms with van der Waals surface area (Å²) in [5.74, 6) is 0.198. The normalized spacial score (nSPS) is 18.2. The molecule has 0 atom stereocenters. The summed E-state index contributed by atoms with van der Waals surface area (Å²) in [7, 11) is 1.89.